The van der Waals surface area contributed by atoms with Crippen LogP contribution in [0, 0.1) is 0 Å². The summed E-state index contributed by atoms with van der Waals surface area (Å²) in [6, 6.07) is 11.1. The standard InChI is InChI=1S/C14H13NO3/c1-18-14(17)9-15-8-12-11-5-3-2-4-10(11)6-7-13(12)16/h2-8,16H,9H2,1H3. The second-order valence-electron chi connectivity index (χ2n) is 3.77. The monoisotopic (exact) mass is 243 g/mol. The Morgan fingerprint density at radius 2 is 2.11 bits per heavy atom. The second kappa shape index (κ2) is 5.31. The molecule has 0 saturated carbocycles. The fraction of sp³-hybridized carbons (Fsp3) is 0.143. The molecule has 0 radical (unpaired) electrons. The molecule has 0 aromatic heterocycles. The summed E-state index contributed by atoms with van der Waals surface area (Å²) >= 11 is 0. The summed E-state index contributed by atoms with van der Waals surface area (Å²) in [5.41, 5.74) is 0.608. The van der Waals surface area contributed by atoms with Gasteiger partial charge in [-0.15, -0.1) is 0 Å². The van der Waals surface area contributed by atoms with Crippen molar-refractivity contribution in [2.75, 3.05) is 13.7 Å². The zero-order chi connectivity index (χ0) is 13.0. The highest BCUT2D eigenvalue weighted by Gasteiger charge is 2.04. The fourth-order valence-electron chi connectivity index (χ4n) is 1.70. The third kappa shape index (κ3) is 2.48. The number of esters is 1. The molecule has 0 bridgehead atoms. The topological polar surface area (TPSA) is 58.9 Å². The zero-order valence-corrected chi connectivity index (χ0v) is 9.96. The van der Waals surface area contributed by atoms with E-state index in [9.17, 15) is 9.90 Å². The zero-order valence-electron chi connectivity index (χ0n) is 9.96. The summed E-state index contributed by atoms with van der Waals surface area (Å²) in [4.78, 5) is 14.9. The van der Waals surface area contributed by atoms with Gasteiger partial charge in [0.25, 0.3) is 0 Å². The molecule has 4 heteroatoms. The second-order valence-corrected chi connectivity index (χ2v) is 3.77. The predicted molar refractivity (Wildman–Crippen MR) is 70.1 cm³/mol. The van der Waals surface area contributed by atoms with Crippen molar-refractivity contribution < 1.29 is 14.6 Å². The largest absolute Gasteiger partial charge is 0.507 e. The maximum atomic E-state index is 11.0. The van der Waals surface area contributed by atoms with Crippen LogP contribution in [0.2, 0.25) is 0 Å². The number of phenols is 1. The lowest BCUT2D eigenvalue weighted by molar-refractivity contribution is -0.138. The van der Waals surface area contributed by atoms with E-state index in [4.69, 9.17) is 0 Å². The first-order valence-electron chi connectivity index (χ1n) is 5.49. The van der Waals surface area contributed by atoms with Gasteiger partial charge in [0.1, 0.15) is 12.3 Å². The van der Waals surface area contributed by atoms with Gasteiger partial charge < -0.3 is 9.84 Å². The molecule has 0 atom stereocenters. The number of hydrogen-bond donors (Lipinski definition) is 1. The van der Waals surface area contributed by atoms with Crippen LogP contribution in [0.1, 0.15) is 5.56 Å². The van der Waals surface area contributed by atoms with Crippen LogP contribution >= 0.6 is 0 Å². The average molecular weight is 243 g/mol. The number of rotatable bonds is 3. The Hall–Kier alpha value is -2.36. The van der Waals surface area contributed by atoms with Gasteiger partial charge in [-0.05, 0) is 16.8 Å². The molecular weight excluding hydrogens is 230 g/mol. The SMILES string of the molecule is COC(=O)CN=Cc1c(O)ccc2ccccc12. The number of methoxy groups -OCH3 is 1. The molecule has 2 aromatic rings. The van der Waals surface area contributed by atoms with Crippen molar-refractivity contribution in [3.8, 4) is 5.75 Å². The molecule has 0 unspecified atom stereocenters. The van der Waals surface area contributed by atoms with Gasteiger partial charge in [-0.3, -0.25) is 9.79 Å². The summed E-state index contributed by atoms with van der Waals surface area (Å²) in [5.74, 6) is -0.270. The van der Waals surface area contributed by atoms with Crippen molar-refractivity contribution in [2.24, 2.45) is 4.99 Å². The van der Waals surface area contributed by atoms with Crippen molar-refractivity contribution >= 4 is 23.0 Å². The predicted octanol–water partition coefficient (Wildman–Crippen LogP) is 2.14. The summed E-state index contributed by atoms with van der Waals surface area (Å²) in [7, 11) is 1.31. The Balaban J connectivity index is 2.37. The van der Waals surface area contributed by atoms with E-state index < -0.39 is 5.97 Å². The van der Waals surface area contributed by atoms with E-state index in [2.05, 4.69) is 9.73 Å². The first kappa shape index (κ1) is 12.1. The van der Waals surface area contributed by atoms with Gasteiger partial charge in [0.15, 0.2) is 0 Å². The number of ether oxygens (including phenoxy) is 1. The molecule has 0 aliphatic carbocycles. The number of carbonyl (C=O) groups is 1. The molecule has 0 fully saturated rings. The summed E-state index contributed by atoms with van der Waals surface area (Å²) in [6.07, 6.45) is 1.49. The van der Waals surface area contributed by atoms with Gasteiger partial charge in [0, 0.05) is 11.8 Å². The summed E-state index contributed by atoms with van der Waals surface area (Å²) in [5, 5.41) is 11.7. The van der Waals surface area contributed by atoms with Crippen LogP contribution in [0.3, 0.4) is 0 Å². The van der Waals surface area contributed by atoms with Gasteiger partial charge in [-0.25, -0.2) is 0 Å². The van der Waals surface area contributed by atoms with Crippen LogP contribution < -0.4 is 0 Å². The number of hydrogen-bond acceptors (Lipinski definition) is 4. The fourth-order valence-corrected chi connectivity index (χ4v) is 1.70. The van der Waals surface area contributed by atoms with Gasteiger partial charge in [-0.1, -0.05) is 30.3 Å². The first-order chi connectivity index (χ1) is 8.72. The Morgan fingerprint density at radius 1 is 1.33 bits per heavy atom. The third-order valence-corrected chi connectivity index (χ3v) is 2.62. The highest BCUT2D eigenvalue weighted by atomic mass is 16.5. The van der Waals surface area contributed by atoms with E-state index in [0.29, 0.717) is 5.56 Å². The van der Waals surface area contributed by atoms with Crippen LogP contribution in [-0.2, 0) is 9.53 Å². The first-order valence-corrected chi connectivity index (χ1v) is 5.49. The van der Waals surface area contributed by atoms with Crippen LogP contribution in [0.5, 0.6) is 5.75 Å². The lowest BCUT2D eigenvalue weighted by Gasteiger charge is -2.04. The smallest absolute Gasteiger partial charge is 0.327 e. The lowest BCUT2D eigenvalue weighted by atomic mass is 10.0. The van der Waals surface area contributed by atoms with Crippen molar-refractivity contribution in [2.45, 2.75) is 0 Å². The molecule has 2 aromatic carbocycles. The molecule has 18 heavy (non-hydrogen) atoms. The van der Waals surface area contributed by atoms with Crippen molar-refractivity contribution in [3.05, 3.63) is 42.0 Å². The molecule has 0 aliphatic heterocycles. The molecule has 92 valence electrons. The highest BCUT2D eigenvalue weighted by Crippen LogP contribution is 2.25. The Bertz CT molecular complexity index is 605. The number of benzene rings is 2. The van der Waals surface area contributed by atoms with E-state index in [1.165, 1.54) is 13.3 Å². The van der Waals surface area contributed by atoms with Crippen LogP contribution in [0.15, 0.2) is 41.4 Å². The summed E-state index contributed by atoms with van der Waals surface area (Å²) in [6.45, 7) is -0.0564. The van der Waals surface area contributed by atoms with E-state index in [1.54, 1.807) is 6.07 Å². The number of carbonyl (C=O) groups excluding carboxylic acids is 1. The minimum atomic E-state index is -0.411. The lowest BCUT2D eigenvalue weighted by Crippen LogP contribution is -2.04. The number of nitrogens with zero attached hydrogens (tertiary/aromatic N) is 1. The van der Waals surface area contributed by atoms with Gasteiger partial charge in [-0.2, -0.15) is 0 Å². The minimum Gasteiger partial charge on any atom is -0.507 e. The van der Waals surface area contributed by atoms with Crippen LogP contribution in [-0.4, -0.2) is 30.9 Å². The van der Waals surface area contributed by atoms with Crippen molar-refractivity contribution in [1.82, 2.24) is 0 Å². The molecule has 0 heterocycles. The van der Waals surface area contributed by atoms with E-state index in [-0.39, 0.29) is 12.3 Å². The Morgan fingerprint density at radius 3 is 2.89 bits per heavy atom. The molecule has 4 nitrogen and oxygen atoms in total. The minimum absolute atomic E-state index is 0.0564. The maximum Gasteiger partial charge on any atom is 0.327 e. The number of aromatic hydroxyl groups is 1. The number of phenolic OH excluding ortho intramolecular Hbond substituents is 1. The van der Waals surface area contributed by atoms with E-state index in [1.807, 2.05) is 30.3 Å². The summed E-state index contributed by atoms with van der Waals surface area (Å²) < 4.78 is 4.49. The molecular formula is C14H13NO3. The normalized spacial score (nSPS) is 10.9. The number of aliphatic imine (C=N–C) groups is 1. The van der Waals surface area contributed by atoms with Crippen LogP contribution in [0.4, 0.5) is 0 Å². The van der Waals surface area contributed by atoms with Gasteiger partial charge in [0.2, 0.25) is 0 Å². The average Bonchev–Trinajstić information content (AvgIpc) is 2.41. The third-order valence-electron chi connectivity index (χ3n) is 2.62. The Kier molecular flexibility index (Phi) is 3.57. The molecule has 0 amide bonds. The van der Waals surface area contributed by atoms with E-state index in [0.717, 1.165) is 10.8 Å². The van der Waals surface area contributed by atoms with Gasteiger partial charge in [0.05, 0.1) is 7.11 Å². The van der Waals surface area contributed by atoms with E-state index >= 15 is 0 Å². The quantitative estimate of drug-likeness (QED) is 0.663. The molecule has 2 rings (SSSR count). The van der Waals surface area contributed by atoms with Gasteiger partial charge >= 0.3 is 5.97 Å². The number of fused-ring (bicyclic) bond motifs is 1. The Labute approximate surface area is 105 Å². The van der Waals surface area contributed by atoms with Crippen LogP contribution in [0.25, 0.3) is 10.8 Å². The highest BCUT2D eigenvalue weighted by molar-refractivity contribution is 6.02. The van der Waals surface area contributed by atoms with Crippen molar-refractivity contribution in [1.29, 1.82) is 0 Å². The molecule has 0 spiro atoms. The molecule has 0 saturated heterocycles. The van der Waals surface area contributed by atoms with Crippen molar-refractivity contribution in [3.63, 3.8) is 0 Å². The molecule has 0 aliphatic rings. The molecule has 1 N–H and O–H groups in total. The maximum absolute atomic E-state index is 11.0.